The minimum atomic E-state index is 0.469. The van der Waals surface area contributed by atoms with Gasteiger partial charge in [0.1, 0.15) is 5.75 Å². The molecule has 1 nitrogen and oxygen atoms in total. The van der Waals surface area contributed by atoms with Crippen molar-refractivity contribution in [2.24, 2.45) is 10.8 Å². The van der Waals surface area contributed by atoms with Crippen LogP contribution in [0.2, 0.25) is 0 Å². The highest BCUT2D eigenvalue weighted by atomic mass is 32.1. The fraction of sp³-hybridized carbons (Fsp3) is 0.647. The molecule has 4 rings (SSSR count). The summed E-state index contributed by atoms with van der Waals surface area (Å²) in [6, 6.07) is 8.06. The standard InChI is InChI=1S/C17H24OS/c1-2-16-7-10-17(11-8-16,12-9-16)13-18-14-3-5-15(19)6-4-14/h3-6,19H,2,7-13H2,1H3. The van der Waals surface area contributed by atoms with Gasteiger partial charge in [-0.25, -0.2) is 0 Å². The van der Waals surface area contributed by atoms with Crippen molar-refractivity contribution < 1.29 is 4.74 Å². The first-order valence-electron chi connectivity index (χ1n) is 7.57. The van der Waals surface area contributed by atoms with Gasteiger partial charge in [0, 0.05) is 10.3 Å². The molecule has 1 aromatic rings. The maximum Gasteiger partial charge on any atom is 0.119 e. The molecule has 1 aromatic carbocycles. The summed E-state index contributed by atoms with van der Waals surface area (Å²) in [5.41, 5.74) is 1.16. The van der Waals surface area contributed by atoms with E-state index in [4.69, 9.17) is 4.74 Å². The van der Waals surface area contributed by atoms with Crippen LogP contribution < -0.4 is 4.74 Å². The molecule has 3 aliphatic rings. The monoisotopic (exact) mass is 276 g/mol. The van der Waals surface area contributed by atoms with E-state index in [9.17, 15) is 0 Å². The zero-order valence-electron chi connectivity index (χ0n) is 11.8. The smallest absolute Gasteiger partial charge is 0.119 e. The number of ether oxygens (including phenoxy) is 1. The van der Waals surface area contributed by atoms with Crippen LogP contribution in [0, 0.1) is 10.8 Å². The van der Waals surface area contributed by atoms with Crippen LogP contribution in [-0.4, -0.2) is 6.61 Å². The summed E-state index contributed by atoms with van der Waals surface area (Å²) < 4.78 is 6.05. The lowest BCUT2D eigenvalue weighted by molar-refractivity contribution is -0.0375. The molecule has 0 heterocycles. The molecule has 19 heavy (non-hydrogen) atoms. The van der Waals surface area contributed by atoms with Crippen molar-refractivity contribution in [3.63, 3.8) is 0 Å². The summed E-state index contributed by atoms with van der Waals surface area (Å²) in [7, 11) is 0. The first-order valence-corrected chi connectivity index (χ1v) is 8.02. The summed E-state index contributed by atoms with van der Waals surface area (Å²) in [6.45, 7) is 3.27. The molecule has 0 atom stereocenters. The molecule has 0 N–H and O–H groups in total. The zero-order chi connectivity index (χ0) is 13.3. The number of rotatable bonds is 4. The fourth-order valence-corrected chi connectivity index (χ4v) is 4.02. The molecule has 3 aliphatic carbocycles. The van der Waals surface area contributed by atoms with Crippen LogP contribution in [0.5, 0.6) is 5.75 Å². The second-order valence-corrected chi connectivity index (χ2v) is 7.15. The van der Waals surface area contributed by atoms with E-state index in [0.717, 1.165) is 17.3 Å². The van der Waals surface area contributed by atoms with Crippen LogP contribution in [0.15, 0.2) is 29.2 Å². The Labute approximate surface area is 122 Å². The van der Waals surface area contributed by atoms with E-state index in [0.29, 0.717) is 10.8 Å². The van der Waals surface area contributed by atoms with Gasteiger partial charge in [0.15, 0.2) is 0 Å². The van der Waals surface area contributed by atoms with E-state index < -0.39 is 0 Å². The lowest BCUT2D eigenvalue weighted by atomic mass is 9.53. The topological polar surface area (TPSA) is 9.23 Å². The van der Waals surface area contributed by atoms with Crippen LogP contribution in [0.1, 0.15) is 51.9 Å². The molecule has 0 aliphatic heterocycles. The summed E-state index contributed by atoms with van der Waals surface area (Å²) in [5.74, 6) is 0.991. The molecule has 0 saturated heterocycles. The highest BCUT2D eigenvalue weighted by molar-refractivity contribution is 7.80. The summed E-state index contributed by atoms with van der Waals surface area (Å²) >= 11 is 4.31. The predicted molar refractivity (Wildman–Crippen MR) is 82.0 cm³/mol. The highest BCUT2D eigenvalue weighted by Gasteiger charge is 2.47. The van der Waals surface area contributed by atoms with Gasteiger partial charge in [-0.3, -0.25) is 0 Å². The summed E-state index contributed by atoms with van der Waals surface area (Å²) in [6.07, 6.45) is 9.73. The average molecular weight is 276 g/mol. The van der Waals surface area contributed by atoms with Crippen molar-refractivity contribution in [1.29, 1.82) is 0 Å². The number of benzene rings is 1. The molecule has 0 aromatic heterocycles. The quantitative estimate of drug-likeness (QED) is 0.752. The van der Waals surface area contributed by atoms with Crippen molar-refractivity contribution in [2.75, 3.05) is 6.61 Å². The van der Waals surface area contributed by atoms with Gasteiger partial charge in [0.2, 0.25) is 0 Å². The van der Waals surface area contributed by atoms with Gasteiger partial charge in [-0.15, -0.1) is 12.6 Å². The van der Waals surface area contributed by atoms with Crippen molar-refractivity contribution in [2.45, 2.75) is 56.8 Å². The molecule has 104 valence electrons. The summed E-state index contributed by atoms with van der Waals surface area (Å²) in [4.78, 5) is 0.994. The molecule has 3 fully saturated rings. The molecular weight excluding hydrogens is 252 g/mol. The van der Waals surface area contributed by atoms with Gasteiger partial charge in [-0.1, -0.05) is 13.3 Å². The first-order chi connectivity index (χ1) is 9.15. The summed E-state index contributed by atoms with van der Waals surface area (Å²) in [5, 5.41) is 0. The maximum atomic E-state index is 6.05. The number of hydrogen-bond acceptors (Lipinski definition) is 2. The average Bonchev–Trinajstić information content (AvgIpc) is 2.49. The normalized spacial score (nSPS) is 33.4. The second kappa shape index (κ2) is 5.05. The zero-order valence-corrected chi connectivity index (χ0v) is 12.7. The Morgan fingerprint density at radius 1 is 0.947 bits per heavy atom. The van der Waals surface area contributed by atoms with Crippen LogP contribution in [0.4, 0.5) is 0 Å². The number of thiol groups is 1. The Kier molecular flexibility index (Phi) is 3.55. The van der Waals surface area contributed by atoms with E-state index in [1.165, 1.54) is 44.9 Å². The van der Waals surface area contributed by atoms with E-state index in [2.05, 4.69) is 19.6 Å². The minimum Gasteiger partial charge on any atom is -0.493 e. The third-order valence-electron chi connectivity index (χ3n) is 5.69. The molecular formula is C17H24OS. The van der Waals surface area contributed by atoms with Crippen molar-refractivity contribution >= 4 is 12.6 Å². The Morgan fingerprint density at radius 3 is 2.00 bits per heavy atom. The van der Waals surface area contributed by atoms with Crippen molar-refractivity contribution in [3.05, 3.63) is 24.3 Å². The van der Waals surface area contributed by atoms with Crippen molar-refractivity contribution in [3.8, 4) is 5.75 Å². The van der Waals surface area contributed by atoms with E-state index in [-0.39, 0.29) is 0 Å². The van der Waals surface area contributed by atoms with E-state index >= 15 is 0 Å². The van der Waals surface area contributed by atoms with Crippen LogP contribution in [-0.2, 0) is 0 Å². The second-order valence-electron chi connectivity index (χ2n) is 6.64. The molecule has 3 saturated carbocycles. The molecule has 0 radical (unpaired) electrons. The third-order valence-corrected chi connectivity index (χ3v) is 5.99. The van der Waals surface area contributed by atoms with E-state index in [1.807, 2.05) is 24.3 Å². The molecule has 2 heteroatoms. The van der Waals surface area contributed by atoms with Gasteiger partial charge >= 0.3 is 0 Å². The Morgan fingerprint density at radius 2 is 1.47 bits per heavy atom. The number of fused-ring (bicyclic) bond motifs is 3. The lowest BCUT2D eigenvalue weighted by Crippen LogP contribution is -2.44. The predicted octanol–water partition coefficient (Wildman–Crippen LogP) is 5.10. The molecule has 0 amide bonds. The third kappa shape index (κ3) is 2.65. The Hall–Kier alpha value is -0.630. The first kappa shape index (κ1) is 13.4. The Bertz CT molecular complexity index is 413. The van der Waals surface area contributed by atoms with Gasteiger partial charge < -0.3 is 4.74 Å². The van der Waals surface area contributed by atoms with Gasteiger partial charge in [0.25, 0.3) is 0 Å². The number of hydrogen-bond donors (Lipinski definition) is 1. The van der Waals surface area contributed by atoms with Gasteiger partial charge in [-0.2, -0.15) is 0 Å². The molecule has 2 bridgehead atoms. The fourth-order valence-electron chi connectivity index (χ4n) is 3.87. The highest BCUT2D eigenvalue weighted by Crippen LogP contribution is 2.58. The lowest BCUT2D eigenvalue weighted by Gasteiger charge is -2.53. The van der Waals surface area contributed by atoms with Gasteiger partial charge in [-0.05, 0) is 68.2 Å². The van der Waals surface area contributed by atoms with Crippen LogP contribution in [0.25, 0.3) is 0 Å². The van der Waals surface area contributed by atoms with Crippen LogP contribution in [0.3, 0.4) is 0 Å². The van der Waals surface area contributed by atoms with Crippen LogP contribution >= 0.6 is 12.6 Å². The maximum absolute atomic E-state index is 6.05. The SMILES string of the molecule is CCC12CCC(COc3ccc(S)cc3)(CC1)CC2. The molecule has 0 spiro atoms. The Balaban J connectivity index is 1.60. The molecule has 0 unspecified atom stereocenters. The van der Waals surface area contributed by atoms with Gasteiger partial charge in [0.05, 0.1) is 6.61 Å². The largest absolute Gasteiger partial charge is 0.493 e. The van der Waals surface area contributed by atoms with E-state index in [1.54, 1.807) is 0 Å². The minimum absolute atomic E-state index is 0.469. The van der Waals surface area contributed by atoms with Crippen molar-refractivity contribution in [1.82, 2.24) is 0 Å².